The van der Waals surface area contributed by atoms with E-state index in [1.165, 1.54) is 0 Å². The van der Waals surface area contributed by atoms with Crippen molar-refractivity contribution in [2.75, 3.05) is 18.0 Å². The molecule has 0 bridgehead atoms. The molecule has 18 heavy (non-hydrogen) atoms. The molecule has 0 amide bonds. The zero-order valence-corrected chi connectivity index (χ0v) is 11.3. The third-order valence-electron chi connectivity index (χ3n) is 3.43. The van der Waals surface area contributed by atoms with Crippen LogP contribution in [0.15, 0.2) is 24.3 Å². The molecule has 0 radical (unpaired) electrons. The lowest BCUT2D eigenvalue weighted by Gasteiger charge is -2.30. The third kappa shape index (κ3) is 3.16. The van der Waals surface area contributed by atoms with Crippen molar-refractivity contribution in [2.24, 2.45) is 0 Å². The molecule has 1 aromatic rings. The van der Waals surface area contributed by atoms with Crippen LogP contribution >= 0.6 is 11.6 Å². The van der Waals surface area contributed by atoms with E-state index in [9.17, 15) is 0 Å². The van der Waals surface area contributed by atoms with Crippen LogP contribution < -0.4 is 10.2 Å². The summed E-state index contributed by atoms with van der Waals surface area (Å²) in [7, 11) is 0. The first-order valence-corrected chi connectivity index (χ1v) is 6.71. The molecule has 1 fully saturated rings. The van der Waals surface area contributed by atoms with Gasteiger partial charge >= 0.3 is 0 Å². The number of hydrogen-bond donors (Lipinski definition) is 1. The molecule has 0 aromatic heterocycles. The quantitative estimate of drug-likeness (QED) is 0.892. The summed E-state index contributed by atoms with van der Waals surface area (Å²) in [4.78, 5) is 2.32. The minimum absolute atomic E-state index is 0.237. The first kappa shape index (κ1) is 13.2. The summed E-state index contributed by atoms with van der Waals surface area (Å²) >= 11 is 5.92. The standard InChI is InChI=1S/C14H18ClN3/c1-11-7-9-18(14(6-8-16)10-17-11)13-4-2-12(15)3-5-13/h2-5,11,14,17H,6-7,9-10H2,1H3. The summed E-state index contributed by atoms with van der Waals surface area (Å²) in [6.07, 6.45) is 1.63. The number of benzene rings is 1. The summed E-state index contributed by atoms with van der Waals surface area (Å²) in [6.45, 7) is 4.02. The van der Waals surface area contributed by atoms with Crippen LogP contribution in [0.5, 0.6) is 0 Å². The number of nitrogens with one attached hydrogen (secondary N) is 1. The van der Waals surface area contributed by atoms with Crippen molar-refractivity contribution in [3.63, 3.8) is 0 Å². The topological polar surface area (TPSA) is 39.1 Å². The van der Waals surface area contributed by atoms with E-state index < -0.39 is 0 Å². The Morgan fingerprint density at radius 3 is 2.83 bits per heavy atom. The molecule has 1 aliphatic rings. The Labute approximate surface area is 113 Å². The Balaban J connectivity index is 2.20. The predicted molar refractivity (Wildman–Crippen MR) is 74.9 cm³/mol. The van der Waals surface area contributed by atoms with Crippen molar-refractivity contribution >= 4 is 17.3 Å². The van der Waals surface area contributed by atoms with E-state index in [0.717, 1.165) is 30.2 Å². The van der Waals surface area contributed by atoms with Crippen LogP contribution in [-0.2, 0) is 0 Å². The molecule has 2 rings (SSSR count). The van der Waals surface area contributed by atoms with Gasteiger partial charge in [0.2, 0.25) is 0 Å². The second-order valence-corrected chi connectivity index (χ2v) is 5.22. The Morgan fingerprint density at radius 1 is 1.44 bits per heavy atom. The van der Waals surface area contributed by atoms with Gasteiger partial charge in [0.05, 0.1) is 18.5 Å². The largest absolute Gasteiger partial charge is 0.366 e. The van der Waals surface area contributed by atoms with Crippen molar-refractivity contribution in [3.05, 3.63) is 29.3 Å². The van der Waals surface area contributed by atoms with Crippen molar-refractivity contribution in [2.45, 2.75) is 31.8 Å². The van der Waals surface area contributed by atoms with Crippen LogP contribution in [0.4, 0.5) is 5.69 Å². The van der Waals surface area contributed by atoms with Crippen molar-refractivity contribution in [1.29, 1.82) is 5.26 Å². The van der Waals surface area contributed by atoms with Crippen molar-refractivity contribution < 1.29 is 0 Å². The molecule has 0 spiro atoms. The maximum Gasteiger partial charge on any atom is 0.0643 e. The van der Waals surface area contributed by atoms with E-state index >= 15 is 0 Å². The smallest absolute Gasteiger partial charge is 0.0643 e. The number of rotatable bonds is 2. The second-order valence-electron chi connectivity index (χ2n) is 4.78. The highest BCUT2D eigenvalue weighted by atomic mass is 35.5. The molecule has 1 N–H and O–H groups in total. The fourth-order valence-corrected chi connectivity index (χ4v) is 2.45. The van der Waals surface area contributed by atoms with Gasteiger partial charge in [0.25, 0.3) is 0 Å². The summed E-state index contributed by atoms with van der Waals surface area (Å²) in [6, 6.07) is 10.9. The minimum Gasteiger partial charge on any atom is -0.366 e. The van der Waals surface area contributed by atoms with E-state index in [1.807, 2.05) is 24.3 Å². The highest BCUT2D eigenvalue weighted by Crippen LogP contribution is 2.23. The number of halogens is 1. The van der Waals surface area contributed by atoms with Gasteiger partial charge in [-0.25, -0.2) is 0 Å². The molecule has 4 heteroatoms. The summed E-state index contributed by atoms with van der Waals surface area (Å²) < 4.78 is 0. The van der Waals surface area contributed by atoms with Crippen LogP contribution in [-0.4, -0.2) is 25.2 Å². The van der Waals surface area contributed by atoms with Gasteiger partial charge in [0, 0.05) is 29.8 Å². The van der Waals surface area contributed by atoms with Gasteiger partial charge in [-0.1, -0.05) is 11.6 Å². The average Bonchev–Trinajstić information content (AvgIpc) is 2.54. The van der Waals surface area contributed by atoms with Gasteiger partial charge < -0.3 is 10.2 Å². The van der Waals surface area contributed by atoms with Crippen LogP contribution in [0.2, 0.25) is 5.02 Å². The molecule has 1 heterocycles. The molecule has 2 atom stereocenters. The Kier molecular flexibility index (Phi) is 4.46. The zero-order valence-electron chi connectivity index (χ0n) is 10.6. The lowest BCUT2D eigenvalue weighted by atomic mass is 10.1. The number of nitriles is 1. The van der Waals surface area contributed by atoms with Gasteiger partial charge in [0.1, 0.15) is 0 Å². The molecule has 0 aliphatic carbocycles. The van der Waals surface area contributed by atoms with Crippen LogP contribution in [0, 0.1) is 11.3 Å². The number of anilines is 1. The fraction of sp³-hybridized carbons (Fsp3) is 0.500. The van der Waals surface area contributed by atoms with E-state index in [2.05, 4.69) is 23.2 Å². The highest BCUT2D eigenvalue weighted by molar-refractivity contribution is 6.30. The minimum atomic E-state index is 0.237. The van der Waals surface area contributed by atoms with Crippen LogP contribution in [0.1, 0.15) is 19.8 Å². The molecule has 1 aliphatic heterocycles. The summed E-state index contributed by atoms with van der Waals surface area (Å²) in [5.41, 5.74) is 1.15. The van der Waals surface area contributed by atoms with E-state index in [0.29, 0.717) is 12.5 Å². The first-order chi connectivity index (χ1) is 8.70. The Hall–Kier alpha value is -1.24. The lowest BCUT2D eigenvalue weighted by molar-refractivity contribution is 0.538. The highest BCUT2D eigenvalue weighted by Gasteiger charge is 2.23. The van der Waals surface area contributed by atoms with Gasteiger partial charge in [-0.3, -0.25) is 0 Å². The van der Waals surface area contributed by atoms with Gasteiger partial charge in [-0.05, 0) is 37.6 Å². The van der Waals surface area contributed by atoms with Gasteiger partial charge in [-0.2, -0.15) is 5.26 Å². The molecule has 3 nitrogen and oxygen atoms in total. The molecule has 2 unspecified atom stereocenters. The molecular formula is C14H18ClN3. The van der Waals surface area contributed by atoms with E-state index in [4.69, 9.17) is 16.9 Å². The molecule has 1 aromatic carbocycles. The molecular weight excluding hydrogens is 246 g/mol. The van der Waals surface area contributed by atoms with Crippen molar-refractivity contribution in [1.82, 2.24) is 5.32 Å². The Bertz CT molecular complexity index is 424. The monoisotopic (exact) mass is 263 g/mol. The second kappa shape index (κ2) is 6.08. The third-order valence-corrected chi connectivity index (χ3v) is 3.68. The number of nitrogens with zero attached hydrogens (tertiary/aromatic N) is 2. The maximum absolute atomic E-state index is 8.96. The first-order valence-electron chi connectivity index (χ1n) is 6.33. The number of hydrogen-bond acceptors (Lipinski definition) is 3. The lowest BCUT2D eigenvalue weighted by Crippen LogP contribution is -2.40. The molecule has 96 valence electrons. The normalized spacial score (nSPS) is 24.4. The summed E-state index contributed by atoms with van der Waals surface area (Å²) in [5.74, 6) is 0. The zero-order chi connectivity index (χ0) is 13.0. The van der Waals surface area contributed by atoms with Crippen LogP contribution in [0.25, 0.3) is 0 Å². The Morgan fingerprint density at radius 2 is 2.17 bits per heavy atom. The van der Waals surface area contributed by atoms with E-state index in [1.54, 1.807) is 0 Å². The summed E-state index contributed by atoms with van der Waals surface area (Å²) in [5, 5.41) is 13.2. The van der Waals surface area contributed by atoms with Gasteiger partial charge in [-0.15, -0.1) is 0 Å². The SMILES string of the molecule is CC1CCN(c2ccc(Cl)cc2)C(CC#N)CN1. The predicted octanol–water partition coefficient (Wildman–Crippen LogP) is 2.81. The van der Waals surface area contributed by atoms with E-state index in [-0.39, 0.29) is 6.04 Å². The average molecular weight is 264 g/mol. The van der Waals surface area contributed by atoms with Gasteiger partial charge in [0.15, 0.2) is 0 Å². The maximum atomic E-state index is 8.96. The molecule has 0 saturated carbocycles. The van der Waals surface area contributed by atoms with Crippen molar-refractivity contribution in [3.8, 4) is 6.07 Å². The van der Waals surface area contributed by atoms with Crippen LogP contribution in [0.3, 0.4) is 0 Å². The molecule has 1 saturated heterocycles. The fourth-order valence-electron chi connectivity index (χ4n) is 2.33.